The number of hydrogen-bond donors (Lipinski definition) is 2. The topological polar surface area (TPSA) is 92.9 Å². The van der Waals surface area contributed by atoms with Gasteiger partial charge in [-0.15, -0.1) is 0 Å². The lowest BCUT2D eigenvalue weighted by molar-refractivity contribution is 0.0695. The summed E-state index contributed by atoms with van der Waals surface area (Å²) < 4.78 is 5.31. The number of methoxy groups -OCH3 is 1. The quantitative estimate of drug-likeness (QED) is 0.890. The molecule has 1 atom stereocenters. The molecule has 2 aromatic rings. The van der Waals surface area contributed by atoms with Crippen LogP contribution in [0.4, 0.5) is 0 Å². The Labute approximate surface area is 145 Å². The van der Waals surface area contributed by atoms with E-state index >= 15 is 0 Å². The molecule has 3 rings (SSSR count). The first-order valence-electron chi connectivity index (χ1n) is 8.06. The molecular formula is C19H20N2O4. The Balaban J connectivity index is 1.85. The zero-order chi connectivity index (χ0) is 18.0. The van der Waals surface area contributed by atoms with Crippen molar-refractivity contribution in [2.24, 2.45) is 5.73 Å². The highest BCUT2D eigenvalue weighted by molar-refractivity contribution is 5.95. The lowest BCUT2D eigenvalue weighted by atomic mass is 10.0. The van der Waals surface area contributed by atoms with Crippen LogP contribution in [0.5, 0.6) is 5.75 Å². The number of carboxylic acids is 1. The number of ether oxygens (including phenoxy) is 1. The lowest BCUT2D eigenvalue weighted by Crippen LogP contribution is -2.31. The van der Waals surface area contributed by atoms with E-state index in [-0.39, 0.29) is 17.5 Å². The second kappa shape index (κ2) is 6.94. The number of carbonyl (C=O) groups excluding carboxylic acids is 1. The van der Waals surface area contributed by atoms with E-state index < -0.39 is 5.97 Å². The van der Waals surface area contributed by atoms with Crippen molar-refractivity contribution in [2.45, 2.75) is 12.5 Å². The third kappa shape index (κ3) is 3.49. The molecule has 2 aromatic carbocycles. The van der Waals surface area contributed by atoms with Crippen LogP contribution in [0.25, 0.3) is 11.1 Å². The van der Waals surface area contributed by atoms with Gasteiger partial charge < -0.3 is 20.5 Å². The molecule has 0 unspecified atom stereocenters. The molecule has 3 N–H and O–H groups in total. The molecule has 1 fully saturated rings. The van der Waals surface area contributed by atoms with Crippen LogP contribution in [0.15, 0.2) is 42.5 Å². The number of carboxylic acid groups (broad SMARTS) is 1. The summed E-state index contributed by atoms with van der Waals surface area (Å²) in [5, 5.41) is 9.08. The van der Waals surface area contributed by atoms with Crippen LogP contribution >= 0.6 is 0 Å². The van der Waals surface area contributed by atoms with Gasteiger partial charge in [-0.25, -0.2) is 4.79 Å². The lowest BCUT2D eigenvalue weighted by Gasteiger charge is -2.16. The molecule has 0 saturated carbocycles. The number of benzene rings is 2. The zero-order valence-corrected chi connectivity index (χ0v) is 13.9. The highest BCUT2D eigenvalue weighted by Gasteiger charge is 2.24. The fourth-order valence-corrected chi connectivity index (χ4v) is 3.01. The van der Waals surface area contributed by atoms with Crippen LogP contribution in [0, 0.1) is 0 Å². The molecule has 0 aromatic heterocycles. The van der Waals surface area contributed by atoms with Crippen LogP contribution in [0.1, 0.15) is 27.1 Å². The predicted octanol–water partition coefficient (Wildman–Crippen LogP) is 2.23. The van der Waals surface area contributed by atoms with Crippen molar-refractivity contribution in [2.75, 3.05) is 20.2 Å². The van der Waals surface area contributed by atoms with E-state index in [2.05, 4.69) is 0 Å². The molecule has 130 valence electrons. The van der Waals surface area contributed by atoms with E-state index in [4.69, 9.17) is 15.6 Å². The maximum Gasteiger partial charge on any atom is 0.335 e. The van der Waals surface area contributed by atoms with E-state index in [1.165, 1.54) is 19.2 Å². The highest BCUT2D eigenvalue weighted by atomic mass is 16.5. The molecule has 0 aliphatic carbocycles. The molecule has 0 bridgehead atoms. The molecular weight excluding hydrogens is 320 g/mol. The average Bonchev–Trinajstić information content (AvgIpc) is 3.07. The molecule has 1 saturated heterocycles. The Morgan fingerprint density at radius 2 is 1.84 bits per heavy atom. The van der Waals surface area contributed by atoms with Gasteiger partial charge in [0.2, 0.25) is 0 Å². The Kier molecular flexibility index (Phi) is 4.72. The molecule has 0 radical (unpaired) electrons. The molecule has 6 nitrogen and oxygen atoms in total. The van der Waals surface area contributed by atoms with Crippen molar-refractivity contribution in [1.29, 1.82) is 0 Å². The summed E-state index contributed by atoms with van der Waals surface area (Å²) in [6.45, 7) is 1.28. The Morgan fingerprint density at radius 1 is 1.16 bits per heavy atom. The molecule has 25 heavy (non-hydrogen) atoms. The van der Waals surface area contributed by atoms with Crippen molar-refractivity contribution in [3.05, 3.63) is 53.6 Å². The number of rotatable bonds is 4. The number of likely N-dealkylation sites (tertiary alicyclic amines) is 1. The largest absolute Gasteiger partial charge is 0.496 e. The van der Waals surface area contributed by atoms with Gasteiger partial charge in [0.05, 0.1) is 12.7 Å². The zero-order valence-electron chi connectivity index (χ0n) is 13.9. The summed E-state index contributed by atoms with van der Waals surface area (Å²) in [6, 6.07) is 12.0. The van der Waals surface area contributed by atoms with Crippen LogP contribution in [0.3, 0.4) is 0 Å². The molecule has 1 aliphatic heterocycles. The van der Waals surface area contributed by atoms with Gasteiger partial charge in [-0.2, -0.15) is 0 Å². The maximum atomic E-state index is 12.5. The predicted molar refractivity (Wildman–Crippen MR) is 93.9 cm³/mol. The number of nitrogens with zero attached hydrogens (tertiary/aromatic N) is 1. The van der Waals surface area contributed by atoms with Crippen LogP contribution < -0.4 is 10.5 Å². The number of amides is 1. The third-order valence-corrected chi connectivity index (χ3v) is 4.40. The summed E-state index contributed by atoms with van der Waals surface area (Å²) in [5.41, 5.74) is 8.26. The monoisotopic (exact) mass is 340 g/mol. The van der Waals surface area contributed by atoms with Crippen LogP contribution in [-0.2, 0) is 0 Å². The van der Waals surface area contributed by atoms with Crippen LogP contribution in [-0.4, -0.2) is 48.1 Å². The van der Waals surface area contributed by atoms with Crippen LogP contribution in [0.2, 0.25) is 0 Å². The highest BCUT2D eigenvalue weighted by Crippen LogP contribution is 2.31. The minimum Gasteiger partial charge on any atom is -0.496 e. The standard InChI is InChI=1S/C19H20N2O4/c1-25-17-10-14(19(23)24)6-7-16(17)12-2-4-13(5-3-12)18(22)21-9-8-15(20)11-21/h2-7,10,15H,8-9,11,20H2,1H3,(H,23,24)/t15-/m0/s1. The molecule has 6 heteroatoms. The van der Waals surface area contributed by atoms with Gasteiger partial charge in [0.15, 0.2) is 0 Å². The van der Waals surface area contributed by atoms with Crippen molar-refractivity contribution in [3.63, 3.8) is 0 Å². The molecule has 1 amide bonds. The molecule has 1 aliphatic rings. The second-order valence-corrected chi connectivity index (χ2v) is 6.10. The number of nitrogens with two attached hydrogens (primary N) is 1. The van der Waals surface area contributed by atoms with Gasteiger partial charge in [0.25, 0.3) is 5.91 Å². The first kappa shape index (κ1) is 17.0. The third-order valence-electron chi connectivity index (χ3n) is 4.40. The first-order valence-corrected chi connectivity index (χ1v) is 8.06. The Hall–Kier alpha value is -2.86. The SMILES string of the molecule is COc1cc(C(=O)O)ccc1-c1ccc(C(=O)N2CC[C@H](N)C2)cc1. The Bertz CT molecular complexity index is 802. The van der Waals surface area contributed by atoms with Gasteiger partial charge in [-0.1, -0.05) is 12.1 Å². The second-order valence-electron chi connectivity index (χ2n) is 6.10. The fraction of sp³-hybridized carbons (Fsp3) is 0.263. The number of carbonyl (C=O) groups is 2. The van der Waals surface area contributed by atoms with Gasteiger partial charge in [0, 0.05) is 30.3 Å². The molecule has 1 heterocycles. The number of aromatic carboxylic acids is 1. The summed E-state index contributed by atoms with van der Waals surface area (Å²) >= 11 is 0. The van der Waals surface area contributed by atoms with Crippen molar-refractivity contribution in [3.8, 4) is 16.9 Å². The summed E-state index contributed by atoms with van der Waals surface area (Å²) in [6.07, 6.45) is 0.830. The van der Waals surface area contributed by atoms with Crippen molar-refractivity contribution < 1.29 is 19.4 Å². The maximum absolute atomic E-state index is 12.5. The Morgan fingerprint density at radius 3 is 2.40 bits per heavy atom. The van der Waals surface area contributed by atoms with E-state index in [9.17, 15) is 9.59 Å². The molecule has 0 spiro atoms. The normalized spacial score (nSPS) is 16.7. The van der Waals surface area contributed by atoms with E-state index in [1.54, 1.807) is 23.1 Å². The van der Waals surface area contributed by atoms with E-state index in [0.717, 1.165) is 17.5 Å². The van der Waals surface area contributed by atoms with Gasteiger partial charge in [-0.05, 0) is 42.3 Å². The van der Waals surface area contributed by atoms with Crippen molar-refractivity contribution in [1.82, 2.24) is 4.90 Å². The fourth-order valence-electron chi connectivity index (χ4n) is 3.01. The van der Waals surface area contributed by atoms with Gasteiger partial charge in [0.1, 0.15) is 5.75 Å². The minimum atomic E-state index is -1.00. The average molecular weight is 340 g/mol. The first-order chi connectivity index (χ1) is 12.0. The van der Waals surface area contributed by atoms with E-state index in [1.807, 2.05) is 12.1 Å². The van der Waals surface area contributed by atoms with Gasteiger partial charge >= 0.3 is 5.97 Å². The van der Waals surface area contributed by atoms with E-state index in [0.29, 0.717) is 24.4 Å². The summed E-state index contributed by atoms with van der Waals surface area (Å²) in [5.74, 6) is -0.549. The summed E-state index contributed by atoms with van der Waals surface area (Å²) in [7, 11) is 1.50. The van der Waals surface area contributed by atoms with Crippen molar-refractivity contribution >= 4 is 11.9 Å². The summed E-state index contributed by atoms with van der Waals surface area (Å²) in [4.78, 5) is 25.3. The smallest absolute Gasteiger partial charge is 0.335 e. The minimum absolute atomic E-state index is 0.0207. The number of hydrogen-bond acceptors (Lipinski definition) is 4. The van der Waals surface area contributed by atoms with Gasteiger partial charge in [-0.3, -0.25) is 4.79 Å².